The van der Waals surface area contributed by atoms with E-state index in [9.17, 15) is 4.79 Å². The topological polar surface area (TPSA) is 65.2 Å². The predicted molar refractivity (Wildman–Crippen MR) is 85.4 cm³/mol. The molecule has 1 aliphatic heterocycles. The van der Waals surface area contributed by atoms with Gasteiger partial charge in [0.1, 0.15) is 11.4 Å². The second-order valence-electron chi connectivity index (χ2n) is 6.09. The normalized spacial score (nSPS) is 15.9. The molecule has 1 aliphatic rings. The molecule has 7 heteroatoms. The Bertz CT molecular complexity index is 682. The minimum Gasteiger partial charge on any atom is -0.479 e. The van der Waals surface area contributed by atoms with Gasteiger partial charge in [-0.1, -0.05) is 0 Å². The maximum Gasteiger partial charge on any atom is 0.260 e. The zero-order valence-corrected chi connectivity index (χ0v) is 13.9. The Morgan fingerprint density at radius 3 is 2.74 bits per heavy atom. The number of carbonyl (C=O) groups is 1. The first-order valence-electron chi connectivity index (χ1n) is 7.93. The van der Waals surface area contributed by atoms with E-state index in [1.165, 1.54) is 0 Å². The minimum atomic E-state index is 0.00668. The average molecular weight is 317 g/mol. The van der Waals surface area contributed by atoms with Crippen LogP contribution in [0.5, 0.6) is 5.88 Å². The van der Waals surface area contributed by atoms with Crippen molar-refractivity contribution in [2.45, 2.75) is 26.3 Å². The number of likely N-dealkylation sites (tertiary alicyclic amines) is 1. The summed E-state index contributed by atoms with van der Waals surface area (Å²) >= 11 is 0. The van der Waals surface area contributed by atoms with Crippen molar-refractivity contribution in [2.75, 3.05) is 20.2 Å². The van der Waals surface area contributed by atoms with E-state index in [0.717, 1.165) is 38.3 Å². The van der Waals surface area contributed by atoms with Crippen LogP contribution >= 0.6 is 0 Å². The molecule has 3 rings (SSSR count). The molecule has 7 nitrogen and oxygen atoms in total. The van der Waals surface area contributed by atoms with E-state index in [4.69, 9.17) is 4.74 Å². The third-order valence-corrected chi connectivity index (χ3v) is 4.50. The number of amides is 1. The van der Waals surface area contributed by atoms with E-state index in [0.29, 0.717) is 17.4 Å². The number of methoxy groups -OCH3 is 1. The Labute approximate surface area is 135 Å². The number of aromatic nitrogens is 4. The molecule has 1 saturated heterocycles. The second-order valence-corrected chi connectivity index (χ2v) is 6.09. The Balaban J connectivity index is 1.60. The molecule has 2 aromatic rings. The van der Waals surface area contributed by atoms with Crippen LogP contribution in [0.4, 0.5) is 0 Å². The second kappa shape index (κ2) is 6.44. The van der Waals surface area contributed by atoms with Crippen molar-refractivity contribution in [1.29, 1.82) is 0 Å². The number of piperidine rings is 1. The van der Waals surface area contributed by atoms with E-state index in [1.807, 2.05) is 24.2 Å². The summed E-state index contributed by atoms with van der Waals surface area (Å²) in [5, 5.41) is 4.16. The Kier molecular flexibility index (Phi) is 4.36. The standard InChI is InChI=1S/C16H23N5O2/c1-12-17-6-9-21(12)10-13-4-7-20(8-5-13)16(22)14-11-19(2)18-15(14)23-3/h6,9,11,13H,4-5,7-8,10H2,1-3H3. The molecule has 0 radical (unpaired) electrons. The summed E-state index contributed by atoms with van der Waals surface area (Å²) in [5.41, 5.74) is 0.541. The highest BCUT2D eigenvalue weighted by atomic mass is 16.5. The third-order valence-electron chi connectivity index (χ3n) is 4.50. The lowest BCUT2D eigenvalue weighted by Gasteiger charge is -2.32. The molecule has 1 fully saturated rings. The van der Waals surface area contributed by atoms with Crippen LogP contribution in [-0.2, 0) is 13.6 Å². The molecule has 2 aromatic heterocycles. The van der Waals surface area contributed by atoms with Crippen LogP contribution in [0.3, 0.4) is 0 Å². The number of aryl methyl sites for hydroxylation is 2. The van der Waals surface area contributed by atoms with Gasteiger partial charge in [-0.25, -0.2) is 4.98 Å². The molecule has 0 aromatic carbocycles. The molecule has 124 valence electrons. The van der Waals surface area contributed by atoms with Crippen molar-refractivity contribution < 1.29 is 9.53 Å². The fourth-order valence-corrected chi connectivity index (χ4v) is 3.13. The van der Waals surface area contributed by atoms with Gasteiger partial charge in [0, 0.05) is 45.3 Å². The van der Waals surface area contributed by atoms with Crippen LogP contribution < -0.4 is 4.74 Å². The van der Waals surface area contributed by atoms with E-state index in [1.54, 1.807) is 25.0 Å². The molecule has 23 heavy (non-hydrogen) atoms. The van der Waals surface area contributed by atoms with Crippen molar-refractivity contribution in [3.8, 4) is 5.88 Å². The fourth-order valence-electron chi connectivity index (χ4n) is 3.13. The van der Waals surface area contributed by atoms with Gasteiger partial charge in [0.2, 0.25) is 5.88 Å². The molecule has 0 saturated carbocycles. The first-order valence-corrected chi connectivity index (χ1v) is 7.93. The lowest BCUT2D eigenvalue weighted by Crippen LogP contribution is -2.39. The van der Waals surface area contributed by atoms with Crippen LogP contribution in [0.25, 0.3) is 0 Å². The Morgan fingerprint density at radius 2 is 2.13 bits per heavy atom. The molecule has 1 amide bonds. The van der Waals surface area contributed by atoms with Crippen LogP contribution in [-0.4, -0.2) is 50.3 Å². The summed E-state index contributed by atoms with van der Waals surface area (Å²) in [7, 11) is 3.33. The first kappa shape index (κ1) is 15.6. The van der Waals surface area contributed by atoms with Crippen LogP contribution in [0.15, 0.2) is 18.6 Å². The zero-order valence-electron chi connectivity index (χ0n) is 13.9. The van der Waals surface area contributed by atoms with Crippen molar-refractivity contribution in [2.24, 2.45) is 13.0 Å². The number of hydrogen-bond donors (Lipinski definition) is 0. The maximum absolute atomic E-state index is 12.6. The highest BCUT2D eigenvalue weighted by molar-refractivity contribution is 5.96. The highest BCUT2D eigenvalue weighted by Gasteiger charge is 2.27. The number of ether oxygens (including phenoxy) is 1. The maximum atomic E-state index is 12.6. The van der Waals surface area contributed by atoms with Gasteiger partial charge in [0.05, 0.1) is 7.11 Å². The lowest BCUT2D eigenvalue weighted by atomic mass is 9.96. The summed E-state index contributed by atoms with van der Waals surface area (Å²) < 4.78 is 8.99. The molecular weight excluding hydrogens is 294 g/mol. The summed E-state index contributed by atoms with van der Waals surface area (Å²) in [5.74, 6) is 2.03. The summed E-state index contributed by atoms with van der Waals surface area (Å²) in [4.78, 5) is 18.8. The minimum absolute atomic E-state index is 0.00668. The molecule has 3 heterocycles. The van der Waals surface area contributed by atoms with Gasteiger partial charge in [-0.05, 0) is 25.7 Å². The summed E-state index contributed by atoms with van der Waals surface area (Å²) in [6, 6.07) is 0. The number of carbonyl (C=O) groups excluding carboxylic acids is 1. The Morgan fingerprint density at radius 1 is 1.39 bits per heavy atom. The summed E-state index contributed by atoms with van der Waals surface area (Å²) in [6.07, 6.45) is 7.59. The van der Waals surface area contributed by atoms with Crippen molar-refractivity contribution in [1.82, 2.24) is 24.2 Å². The van der Waals surface area contributed by atoms with E-state index >= 15 is 0 Å². The van der Waals surface area contributed by atoms with E-state index in [2.05, 4.69) is 14.6 Å². The number of nitrogens with zero attached hydrogens (tertiary/aromatic N) is 5. The molecule has 0 aliphatic carbocycles. The van der Waals surface area contributed by atoms with E-state index in [-0.39, 0.29) is 5.91 Å². The molecular formula is C16H23N5O2. The smallest absolute Gasteiger partial charge is 0.260 e. The third kappa shape index (κ3) is 3.23. The zero-order chi connectivity index (χ0) is 16.4. The summed E-state index contributed by atoms with van der Waals surface area (Å²) in [6.45, 7) is 4.54. The fraction of sp³-hybridized carbons (Fsp3) is 0.562. The van der Waals surface area contributed by atoms with Crippen LogP contribution in [0.2, 0.25) is 0 Å². The average Bonchev–Trinajstić information content (AvgIpc) is 3.13. The van der Waals surface area contributed by atoms with Gasteiger partial charge in [-0.2, -0.15) is 0 Å². The van der Waals surface area contributed by atoms with Crippen molar-refractivity contribution >= 4 is 5.91 Å². The Hall–Kier alpha value is -2.31. The van der Waals surface area contributed by atoms with Crippen molar-refractivity contribution in [3.63, 3.8) is 0 Å². The van der Waals surface area contributed by atoms with Crippen LogP contribution in [0.1, 0.15) is 29.0 Å². The van der Waals surface area contributed by atoms with Crippen LogP contribution in [0, 0.1) is 12.8 Å². The largest absolute Gasteiger partial charge is 0.479 e. The molecule has 0 atom stereocenters. The quantitative estimate of drug-likeness (QED) is 0.857. The monoisotopic (exact) mass is 317 g/mol. The molecule has 0 bridgehead atoms. The van der Waals surface area contributed by atoms with Gasteiger partial charge in [-0.15, -0.1) is 5.10 Å². The number of rotatable bonds is 4. The van der Waals surface area contributed by atoms with Gasteiger partial charge in [0.15, 0.2) is 0 Å². The molecule has 0 N–H and O–H groups in total. The number of hydrogen-bond acceptors (Lipinski definition) is 4. The lowest BCUT2D eigenvalue weighted by molar-refractivity contribution is 0.0679. The van der Waals surface area contributed by atoms with Gasteiger partial charge < -0.3 is 14.2 Å². The van der Waals surface area contributed by atoms with Gasteiger partial charge >= 0.3 is 0 Å². The SMILES string of the molecule is COc1nn(C)cc1C(=O)N1CCC(Cn2ccnc2C)CC1. The predicted octanol–water partition coefficient (Wildman–Crippen LogP) is 1.49. The molecule has 0 unspecified atom stereocenters. The first-order chi connectivity index (χ1) is 11.1. The molecule has 0 spiro atoms. The van der Waals surface area contributed by atoms with Gasteiger partial charge in [0.25, 0.3) is 5.91 Å². The van der Waals surface area contributed by atoms with Gasteiger partial charge in [-0.3, -0.25) is 9.48 Å². The van der Waals surface area contributed by atoms with E-state index < -0.39 is 0 Å². The number of imidazole rings is 1. The van der Waals surface area contributed by atoms with Crippen molar-refractivity contribution in [3.05, 3.63) is 30.0 Å². The highest BCUT2D eigenvalue weighted by Crippen LogP contribution is 2.23.